The summed E-state index contributed by atoms with van der Waals surface area (Å²) < 4.78 is 3.95. The molecule has 1 aromatic carbocycles. The zero-order valence-corrected chi connectivity index (χ0v) is 12.0. The molecule has 1 aliphatic rings. The Balaban J connectivity index is 1.64. The van der Waals surface area contributed by atoms with Crippen molar-refractivity contribution < 1.29 is 4.79 Å². The summed E-state index contributed by atoms with van der Waals surface area (Å²) in [6.45, 7) is 0.694. The summed E-state index contributed by atoms with van der Waals surface area (Å²) in [7, 11) is 1.96. The van der Waals surface area contributed by atoms with E-state index in [1.165, 1.54) is 5.39 Å². The summed E-state index contributed by atoms with van der Waals surface area (Å²) >= 11 is 0. The first-order valence-corrected chi connectivity index (χ1v) is 7.33. The maximum absolute atomic E-state index is 12.1. The first-order valence-electron chi connectivity index (χ1n) is 7.33. The SMILES string of the molecule is Cn1nc(Cn2ccc(C(=O)C3CC3)c2)c2ccccc21. The van der Waals surface area contributed by atoms with E-state index in [1.807, 2.05) is 46.9 Å². The lowest BCUT2D eigenvalue weighted by Gasteiger charge is -2.00. The molecule has 1 saturated carbocycles. The number of aryl methyl sites for hydroxylation is 1. The van der Waals surface area contributed by atoms with Crippen molar-refractivity contribution in [3.8, 4) is 0 Å². The first kappa shape index (κ1) is 12.4. The van der Waals surface area contributed by atoms with Gasteiger partial charge in [-0.2, -0.15) is 5.10 Å². The Kier molecular flexibility index (Phi) is 2.70. The number of ketones is 1. The Morgan fingerprint density at radius 2 is 2.10 bits per heavy atom. The number of benzene rings is 1. The Morgan fingerprint density at radius 1 is 1.29 bits per heavy atom. The van der Waals surface area contributed by atoms with Gasteiger partial charge >= 0.3 is 0 Å². The average molecular weight is 279 g/mol. The van der Waals surface area contributed by atoms with Crippen molar-refractivity contribution in [2.45, 2.75) is 19.4 Å². The Morgan fingerprint density at radius 3 is 2.90 bits per heavy atom. The monoisotopic (exact) mass is 279 g/mol. The predicted octanol–water partition coefficient (Wildman–Crippen LogP) is 3.02. The normalized spacial score (nSPS) is 14.7. The van der Waals surface area contributed by atoms with Gasteiger partial charge in [-0.3, -0.25) is 9.48 Å². The molecule has 0 bridgehead atoms. The smallest absolute Gasteiger partial charge is 0.167 e. The molecule has 21 heavy (non-hydrogen) atoms. The van der Waals surface area contributed by atoms with Crippen LogP contribution in [0.2, 0.25) is 0 Å². The minimum absolute atomic E-state index is 0.275. The molecule has 4 heteroatoms. The second-order valence-corrected chi connectivity index (χ2v) is 5.80. The van der Waals surface area contributed by atoms with Gasteiger partial charge in [-0.1, -0.05) is 18.2 Å². The number of aromatic nitrogens is 3. The number of carbonyl (C=O) groups excluding carboxylic acids is 1. The fourth-order valence-corrected chi connectivity index (χ4v) is 2.84. The third-order valence-electron chi connectivity index (χ3n) is 4.15. The molecular weight excluding hydrogens is 262 g/mol. The van der Waals surface area contributed by atoms with E-state index in [1.54, 1.807) is 0 Å². The van der Waals surface area contributed by atoms with Crippen molar-refractivity contribution in [2.24, 2.45) is 13.0 Å². The standard InChI is InChI=1S/C17H17N3O/c1-19-16-5-3-2-4-14(16)15(18-19)11-20-9-8-13(10-20)17(21)12-6-7-12/h2-5,8-10,12H,6-7,11H2,1H3. The lowest BCUT2D eigenvalue weighted by Crippen LogP contribution is -2.01. The Bertz CT molecular complexity index is 824. The molecule has 4 rings (SSSR count). The van der Waals surface area contributed by atoms with Crippen molar-refractivity contribution in [1.29, 1.82) is 0 Å². The number of hydrogen-bond donors (Lipinski definition) is 0. The molecule has 0 saturated heterocycles. The highest BCUT2D eigenvalue weighted by Crippen LogP contribution is 2.32. The van der Waals surface area contributed by atoms with E-state index in [0.717, 1.165) is 29.6 Å². The quantitative estimate of drug-likeness (QED) is 0.689. The number of nitrogens with zero attached hydrogens (tertiary/aromatic N) is 3. The molecule has 1 aliphatic carbocycles. The molecular formula is C17H17N3O. The van der Waals surface area contributed by atoms with Gasteiger partial charge < -0.3 is 4.57 Å². The lowest BCUT2D eigenvalue weighted by molar-refractivity contribution is 0.0967. The van der Waals surface area contributed by atoms with Crippen LogP contribution in [-0.2, 0) is 13.6 Å². The van der Waals surface area contributed by atoms with Gasteiger partial charge in [0.25, 0.3) is 0 Å². The van der Waals surface area contributed by atoms with Gasteiger partial charge in [-0.05, 0) is 25.0 Å². The molecule has 106 valence electrons. The molecule has 2 heterocycles. The van der Waals surface area contributed by atoms with Gasteiger partial charge in [-0.15, -0.1) is 0 Å². The minimum atomic E-state index is 0.275. The Labute approximate surface area is 123 Å². The van der Waals surface area contributed by atoms with Crippen LogP contribution >= 0.6 is 0 Å². The van der Waals surface area contributed by atoms with Crippen molar-refractivity contribution in [2.75, 3.05) is 0 Å². The fourth-order valence-electron chi connectivity index (χ4n) is 2.84. The predicted molar refractivity (Wildman–Crippen MR) is 81.3 cm³/mol. The van der Waals surface area contributed by atoms with E-state index in [0.29, 0.717) is 12.3 Å². The van der Waals surface area contributed by atoms with Crippen molar-refractivity contribution >= 4 is 16.7 Å². The van der Waals surface area contributed by atoms with Crippen LogP contribution in [0.15, 0.2) is 42.7 Å². The number of para-hydroxylation sites is 1. The second-order valence-electron chi connectivity index (χ2n) is 5.80. The van der Waals surface area contributed by atoms with Crippen molar-refractivity contribution in [1.82, 2.24) is 14.3 Å². The van der Waals surface area contributed by atoms with Crippen LogP contribution in [0.25, 0.3) is 10.9 Å². The maximum Gasteiger partial charge on any atom is 0.167 e. The van der Waals surface area contributed by atoms with Gasteiger partial charge in [0.15, 0.2) is 5.78 Å². The third kappa shape index (κ3) is 2.17. The van der Waals surface area contributed by atoms with E-state index in [2.05, 4.69) is 17.2 Å². The number of rotatable bonds is 4. The van der Waals surface area contributed by atoms with Crippen LogP contribution in [0.3, 0.4) is 0 Å². The highest BCUT2D eigenvalue weighted by Gasteiger charge is 2.30. The molecule has 0 atom stereocenters. The van der Waals surface area contributed by atoms with Crippen LogP contribution in [0.4, 0.5) is 0 Å². The molecule has 0 unspecified atom stereocenters. The summed E-state index contributed by atoms with van der Waals surface area (Å²) in [6, 6.07) is 10.1. The minimum Gasteiger partial charge on any atom is -0.347 e. The first-order chi connectivity index (χ1) is 10.2. The molecule has 4 nitrogen and oxygen atoms in total. The fraction of sp³-hybridized carbons (Fsp3) is 0.294. The largest absolute Gasteiger partial charge is 0.347 e. The summed E-state index contributed by atoms with van der Waals surface area (Å²) in [5, 5.41) is 5.77. The number of hydrogen-bond acceptors (Lipinski definition) is 2. The molecule has 2 aromatic heterocycles. The van der Waals surface area contributed by atoms with Crippen LogP contribution in [0, 0.1) is 5.92 Å². The van der Waals surface area contributed by atoms with Crippen molar-refractivity contribution in [3.63, 3.8) is 0 Å². The summed E-state index contributed by atoms with van der Waals surface area (Å²) in [4.78, 5) is 12.1. The topological polar surface area (TPSA) is 39.8 Å². The van der Waals surface area contributed by atoms with Gasteiger partial charge in [0, 0.05) is 36.3 Å². The van der Waals surface area contributed by atoms with E-state index < -0.39 is 0 Å². The number of Topliss-reactive ketones (excluding diaryl/α,β-unsaturated/α-hetero) is 1. The Hall–Kier alpha value is -2.36. The summed E-state index contributed by atoms with van der Waals surface area (Å²) in [6.07, 6.45) is 6.02. The van der Waals surface area contributed by atoms with Gasteiger partial charge in [0.2, 0.25) is 0 Å². The van der Waals surface area contributed by atoms with Crippen LogP contribution in [0.1, 0.15) is 28.9 Å². The van der Waals surface area contributed by atoms with E-state index >= 15 is 0 Å². The van der Waals surface area contributed by atoms with Gasteiger partial charge in [-0.25, -0.2) is 0 Å². The van der Waals surface area contributed by atoms with Crippen LogP contribution in [-0.4, -0.2) is 20.1 Å². The van der Waals surface area contributed by atoms with Gasteiger partial charge in [0.05, 0.1) is 17.8 Å². The zero-order valence-electron chi connectivity index (χ0n) is 12.0. The molecule has 0 aliphatic heterocycles. The van der Waals surface area contributed by atoms with E-state index in [-0.39, 0.29) is 5.92 Å². The average Bonchev–Trinajstić information content (AvgIpc) is 3.17. The highest BCUT2D eigenvalue weighted by molar-refractivity contribution is 5.99. The molecule has 1 fully saturated rings. The second kappa shape index (κ2) is 4.58. The molecule has 0 amide bonds. The lowest BCUT2D eigenvalue weighted by atomic mass is 10.1. The summed E-state index contributed by atoms with van der Waals surface area (Å²) in [5.74, 6) is 0.566. The van der Waals surface area contributed by atoms with E-state index in [9.17, 15) is 4.79 Å². The van der Waals surface area contributed by atoms with Crippen LogP contribution in [0.5, 0.6) is 0 Å². The number of fused-ring (bicyclic) bond motifs is 1. The van der Waals surface area contributed by atoms with Crippen LogP contribution < -0.4 is 0 Å². The third-order valence-corrected chi connectivity index (χ3v) is 4.15. The zero-order chi connectivity index (χ0) is 14.4. The highest BCUT2D eigenvalue weighted by atomic mass is 16.1. The molecule has 3 aromatic rings. The maximum atomic E-state index is 12.1. The number of carbonyl (C=O) groups is 1. The molecule has 0 N–H and O–H groups in total. The summed E-state index contributed by atoms with van der Waals surface area (Å²) in [5.41, 5.74) is 3.00. The molecule has 0 radical (unpaired) electrons. The van der Waals surface area contributed by atoms with Crippen molar-refractivity contribution in [3.05, 3.63) is 54.0 Å². The van der Waals surface area contributed by atoms with Gasteiger partial charge in [0.1, 0.15) is 0 Å². The van der Waals surface area contributed by atoms with E-state index in [4.69, 9.17) is 0 Å². The molecule has 0 spiro atoms.